The first kappa shape index (κ1) is 26.1. The van der Waals surface area contributed by atoms with E-state index in [4.69, 9.17) is 9.47 Å². The van der Waals surface area contributed by atoms with Gasteiger partial charge in [-0.15, -0.1) is 0 Å². The molecule has 0 spiro atoms. The second-order valence-electron chi connectivity index (χ2n) is 12.9. The maximum atomic E-state index is 13.5. The lowest BCUT2D eigenvalue weighted by molar-refractivity contribution is -0.179. The molecule has 5 aliphatic rings. The van der Waals surface area contributed by atoms with Crippen LogP contribution in [0.3, 0.4) is 0 Å². The maximum Gasteiger partial charge on any atom is 0.331 e. The molecule has 0 radical (unpaired) electrons. The summed E-state index contributed by atoms with van der Waals surface area (Å²) in [5, 5.41) is 4.65. The molecule has 12 heteroatoms. The number of fused-ring (bicyclic) bond motifs is 8. The average molecular weight is 552 g/mol. The van der Waals surface area contributed by atoms with E-state index in [2.05, 4.69) is 10.6 Å². The number of rotatable bonds is 2. The summed E-state index contributed by atoms with van der Waals surface area (Å²) in [7, 11) is 0. The standard InChI is InChI=1S/C28H29N3O9/c1-12(32)31-18-16-17(28(18,5)22(36)30-24(31)38)14-7-6-13(8-15(14)40-19(16)33)39-23(37)27(4)10-25(2)9-26(3,11-27)21(35)29-20(25)34/h6-8,16-18H,9-11H2,1-5H3,(H,29,34,35)(H,30,36,38)/t16-,17+,18-,25-,26+,27?,28+/m1/s1. The Balaban J connectivity index is 1.29. The third-order valence-electron chi connectivity index (χ3n) is 9.68. The van der Waals surface area contributed by atoms with Crippen molar-refractivity contribution in [2.24, 2.45) is 27.6 Å². The van der Waals surface area contributed by atoms with Crippen molar-refractivity contribution in [3.63, 3.8) is 0 Å². The number of hydrogen-bond acceptors (Lipinski definition) is 9. The summed E-state index contributed by atoms with van der Waals surface area (Å²) in [6, 6.07) is 2.65. The van der Waals surface area contributed by atoms with Crippen molar-refractivity contribution in [2.45, 2.75) is 65.8 Å². The largest absolute Gasteiger partial charge is 0.426 e. The molecule has 2 N–H and O–H groups in total. The monoisotopic (exact) mass is 551 g/mol. The normalized spacial score (nSPS) is 39.5. The number of ether oxygens (including phenoxy) is 2. The highest BCUT2D eigenvalue weighted by Crippen LogP contribution is 2.64. The number of nitrogens with zero attached hydrogens (tertiary/aromatic N) is 1. The molecule has 1 unspecified atom stereocenters. The Bertz CT molecular complexity index is 1460. The lowest BCUT2D eigenvalue weighted by Gasteiger charge is -2.62. The molecule has 3 heterocycles. The lowest BCUT2D eigenvalue weighted by atomic mass is 9.46. The van der Waals surface area contributed by atoms with Crippen LogP contribution >= 0.6 is 0 Å². The van der Waals surface area contributed by atoms with Gasteiger partial charge < -0.3 is 9.47 Å². The van der Waals surface area contributed by atoms with Crippen LogP contribution in [0.2, 0.25) is 0 Å². The highest BCUT2D eigenvalue weighted by Gasteiger charge is 2.73. The van der Waals surface area contributed by atoms with E-state index in [0.29, 0.717) is 12.0 Å². The Morgan fingerprint density at radius 2 is 1.55 bits per heavy atom. The smallest absolute Gasteiger partial charge is 0.331 e. The number of esters is 2. The lowest BCUT2D eigenvalue weighted by Crippen LogP contribution is -2.79. The van der Waals surface area contributed by atoms with Gasteiger partial charge in [0.25, 0.3) is 0 Å². The molecule has 2 bridgehead atoms. The Labute approximate surface area is 229 Å². The van der Waals surface area contributed by atoms with Gasteiger partial charge in [0.1, 0.15) is 11.5 Å². The van der Waals surface area contributed by atoms with Crippen molar-refractivity contribution in [3.8, 4) is 11.5 Å². The Hall–Kier alpha value is -4.09. The van der Waals surface area contributed by atoms with E-state index in [0.717, 1.165) is 4.90 Å². The summed E-state index contributed by atoms with van der Waals surface area (Å²) >= 11 is 0. The number of imide groups is 3. The molecule has 6 rings (SSSR count). The molecule has 7 atom stereocenters. The van der Waals surface area contributed by atoms with Crippen molar-refractivity contribution in [1.82, 2.24) is 15.5 Å². The van der Waals surface area contributed by atoms with E-state index in [9.17, 15) is 33.6 Å². The van der Waals surface area contributed by atoms with Crippen LogP contribution in [0.15, 0.2) is 18.2 Å². The zero-order valence-corrected chi connectivity index (χ0v) is 22.7. The first-order chi connectivity index (χ1) is 18.5. The van der Waals surface area contributed by atoms with Crippen LogP contribution in [0, 0.1) is 27.6 Å². The summed E-state index contributed by atoms with van der Waals surface area (Å²) in [5.74, 6) is -4.72. The number of carbonyl (C=O) groups is 7. The van der Waals surface area contributed by atoms with E-state index in [1.807, 2.05) is 0 Å². The van der Waals surface area contributed by atoms with Gasteiger partial charge in [0.05, 0.1) is 22.8 Å². The van der Waals surface area contributed by atoms with E-state index in [-0.39, 0.29) is 24.3 Å². The van der Waals surface area contributed by atoms with Gasteiger partial charge in [0, 0.05) is 35.3 Å². The number of nitrogens with one attached hydrogen (secondary N) is 2. The van der Waals surface area contributed by atoms with Crippen LogP contribution < -0.4 is 20.1 Å². The van der Waals surface area contributed by atoms with Crippen LogP contribution in [-0.2, 0) is 28.8 Å². The minimum Gasteiger partial charge on any atom is -0.426 e. The minimum atomic E-state index is -1.26. The molecule has 4 fully saturated rings. The first-order valence-electron chi connectivity index (χ1n) is 13.1. The van der Waals surface area contributed by atoms with Gasteiger partial charge >= 0.3 is 18.0 Å². The fourth-order valence-corrected chi connectivity index (χ4v) is 8.21. The first-order valence-corrected chi connectivity index (χ1v) is 13.1. The molecule has 2 saturated carbocycles. The molecule has 210 valence electrons. The number of piperidine rings is 1. The van der Waals surface area contributed by atoms with Crippen LogP contribution in [0.4, 0.5) is 4.79 Å². The summed E-state index contributed by atoms with van der Waals surface area (Å²) in [6.45, 7) is 7.95. The number of hydrogen-bond donors (Lipinski definition) is 2. The number of amides is 6. The summed E-state index contributed by atoms with van der Waals surface area (Å²) in [5.41, 5.74) is -3.72. The van der Waals surface area contributed by atoms with Crippen molar-refractivity contribution in [2.75, 3.05) is 0 Å². The van der Waals surface area contributed by atoms with Crippen LogP contribution in [-0.4, -0.2) is 52.5 Å². The molecule has 1 aromatic carbocycles. The zero-order chi connectivity index (χ0) is 29.2. The number of urea groups is 1. The van der Waals surface area contributed by atoms with E-state index in [1.54, 1.807) is 33.8 Å². The topological polar surface area (TPSA) is 165 Å². The van der Waals surface area contributed by atoms with Gasteiger partial charge in [0.15, 0.2) is 0 Å². The highest BCUT2D eigenvalue weighted by atomic mass is 16.5. The second kappa shape index (κ2) is 7.76. The number of benzene rings is 1. The predicted octanol–water partition coefficient (Wildman–Crippen LogP) is 1.56. The van der Waals surface area contributed by atoms with Crippen LogP contribution in [0.5, 0.6) is 11.5 Å². The molecule has 2 aliphatic carbocycles. The Kier molecular flexibility index (Phi) is 5.07. The third kappa shape index (κ3) is 3.21. The summed E-state index contributed by atoms with van der Waals surface area (Å²) in [6.07, 6.45) is 0.722. The van der Waals surface area contributed by atoms with Crippen molar-refractivity contribution in [1.29, 1.82) is 0 Å². The van der Waals surface area contributed by atoms with Gasteiger partial charge in [-0.3, -0.25) is 44.3 Å². The molecule has 40 heavy (non-hydrogen) atoms. The molecule has 12 nitrogen and oxygen atoms in total. The molecule has 0 aromatic heterocycles. The summed E-state index contributed by atoms with van der Waals surface area (Å²) < 4.78 is 11.3. The maximum absolute atomic E-state index is 13.5. The van der Waals surface area contributed by atoms with Gasteiger partial charge in [-0.25, -0.2) is 4.79 Å². The van der Waals surface area contributed by atoms with Crippen molar-refractivity contribution >= 4 is 41.6 Å². The molecular weight excluding hydrogens is 522 g/mol. The fourth-order valence-electron chi connectivity index (χ4n) is 8.21. The second-order valence-corrected chi connectivity index (χ2v) is 12.9. The molecule has 2 saturated heterocycles. The quantitative estimate of drug-likeness (QED) is 0.315. The fraction of sp³-hybridized carbons (Fsp3) is 0.536. The van der Waals surface area contributed by atoms with Crippen molar-refractivity contribution in [3.05, 3.63) is 23.8 Å². The minimum absolute atomic E-state index is 0.0905. The zero-order valence-electron chi connectivity index (χ0n) is 22.7. The molecular formula is C28H29N3O9. The van der Waals surface area contributed by atoms with E-state index >= 15 is 0 Å². The molecule has 1 aromatic rings. The van der Waals surface area contributed by atoms with Crippen molar-refractivity contribution < 1.29 is 43.0 Å². The highest BCUT2D eigenvalue weighted by molar-refractivity contribution is 6.10. The number of carbonyl (C=O) groups excluding carboxylic acids is 7. The van der Waals surface area contributed by atoms with Crippen LogP contribution in [0.1, 0.15) is 65.4 Å². The average Bonchev–Trinajstić information content (AvgIpc) is 2.83. The Morgan fingerprint density at radius 1 is 0.925 bits per heavy atom. The predicted molar refractivity (Wildman–Crippen MR) is 133 cm³/mol. The van der Waals surface area contributed by atoms with Gasteiger partial charge in [0.2, 0.25) is 23.6 Å². The van der Waals surface area contributed by atoms with Gasteiger partial charge in [-0.05, 0) is 39.2 Å². The molecule has 3 aliphatic heterocycles. The van der Waals surface area contributed by atoms with E-state index < -0.39 is 81.1 Å². The third-order valence-corrected chi connectivity index (χ3v) is 9.68. The van der Waals surface area contributed by atoms with Gasteiger partial charge in [-0.1, -0.05) is 19.9 Å². The van der Waals surface area contributed by atoms with Gasteiger partial charge in [-0.2, -0.15) is 0 Å². The molecule has 6 amide bonds. The van der Waals surface area contributed by atoms with E-state index in [1.165, 1.54) is 19.1 Å². The van der Waals surface area contributed by atoms with Crippen LogP contribution in [0.25, 0.3) is 0 Å². The SMILES string of the molecule is CC(=O)N1C(=O)NC(=O)[C@@]2(C)[C@H]3c4ccc(OC(=O)C5(C)C[C@@]6(C)C[C@@](C)(C5)C(=O)NC6=O)cc4OC(=O)[C@H]3[C@@H]12. The summed E-state index contributed by atoms with van der Waals surface area (Å²) in [4.78, 5) is 90.3. The Morgan fingerprint density at radius 3 is 2.15 bits per heavy atom.